The molecule has 2 rings (SSSR count). The van der Waals surface area contributed by atoms with Gasteiger partial charge in [0, 0.05) is 6.92 Å². The molecule has 1 heterocycles. The fraction of sp³-hybridized carbons (Fsp3) is 0.500. The van der Waals surface area contributed by atoms with Gasteiger partial charge >= 0.3 is 5.97 Å². The molecule has 0 N–H and O–H groups in total. The van der Waals surface area contributed by atoms with Crippen LogP contribution in [0.4, 0.5) is 0 Å². The second-order valence-corrected chi connectivity index (χ2v) is 6.87. The molecule has 1 aromatic carbocycles. The summed E-state index contributed by atoms with van der Waals surface area (Å²) in [7, 11) is -3.50. The van der Waals surface area contributed by atoms with Crippen molar-refractivity contribution in [3.05, 3.63) is 30.3 Å². The third kappa shape index (κ3) is 3.58. The van der Waals surface area contributed by atoms with E-state index in [-0.39, 0.29) is 23.6 Å². The minimum atomic E-state index is -3.50. The first-order chi connectivity index (χ1) is 9.50. The van der Waals surface area contributed by atoms with Crippen molar-refractivity contribution >= 4 is 15.8 Å². The molecule has 2 atom stereocenters. The molecule has 0 aliphatic carbocycles. The smallest absolute Gasteiger partial charge is 0.302 e. The number of carbonyl (C=O) groups is 1. The van der Waals surface area contributed by atoms with E-state index in [2.05, 4.69) is 0 Å². The molecule has 0 radical (unpaired) electrons. The van der Waals surface area contributed by atoms with Crippen LogP contribution < -0.4 is 0 Å². The van der Waals surface area contributed by atoms with Gasteiger partial charge in [0.05, 0.1) is 11.0 Å². The van der Waals surface area contributed by atoms with Crippen LogP contribution in [0.5, 0.6) is 0 Å². The number of benzene rings is 1. The Morgan fingerprint density at radius 3 is 2.65 bits per heavy atom. The molecule has 0 unspecified atom stereocenters. The topological polar surface area (TPSA) is 69.7 Å². The highest BCUT2D eigenvalue weighted by atomic mass is 32.2. The molecule has 1 saturated heterocycles. The number of ether oxygens (including phenoxy) is 2. The van der Waals surface area contributed by atoms with Crippen LogP contribution in [-0.2, 0) is 24.1 Å². The van der Waals surface area contributed by atoms with Gasteiger partial charge in [0.15, 0.2) is 5.44 Å². The van der Waals surface area contributed by atoms with Crippen molar-refractivity contribution in [2.24, 2.45) is 0 Å². The van der Waals surface area contributed by atoms with Gasteiger partial charge in [0.1, 0.15) is 6.61 Å². The minimum absolute atomic E-state index is 0.107. The Morgan fingerprint density at radius 1 is 1.30 bits per heavy atom. The molecule has 0 aromatic heterocycles. The van der Waals surface area contributed by atoms with Gasteiger partial charge < -0.3 is 9.47 Å². The molecule has 0 spiro atoms. The number of esters is 1. The molecule has 1 aliphatic heterocycles. The van der Waals surface area contributed by atoms with Crippen molar-refractivity contribution in [2.45, 2.75) is 42.6 Å². The van der Waals surface area contributed by atoms with Crippen molar-refractivity contribution in [1.29, 1.82) is 0 Å². The maximum absolute atomic E-state index is 12.4. The Balaban J connectivity index is 2.07. The third-order valence-corrected chi connectivity index (χ3v) is 5.17. The predicted molar refractivity (Wildman–Crippen MR) is 72.8 cm³/mol. The lowest BCUT2D eigenvalue weighted by atomic mass is 10.1. The SMILES string of the molecule is CC(=O)OC[C@H]1CCC[C@@H](S(=O)(=O)c2ccccc2)O1. The predicted octanol–water partition coefficient (Wildman–Crippen LogP) is 1.92. The molecule has 0 bridgehead atoms. The molecule has 5 nitrogen and oxygen atoms in total. The maximum atomic E-state index is 12.4. The van der Waals surface area contributed by atoms with Gasteiger partial charge in [-0.3, -0.25) is 4.79 Å². The van der Waals surface area contributed by atoms with Gasteiger partial charge in [-0.25, -0.2) is 8.42 Å². The summed E-state index contributed by atoms with van der Waals surface area (Å²) in [6, 6.07) is 8.27. The lowest BCUT2D eigenvalue weighted by molar-refractivity contribution is -0.147. The van der Waals surface area contributed by atoms with Crippen molar-refractivity contribution in [2.75, 3.05) is 6.61 Å². The Labute approximate surface area is 118 Å². The van der Waals surface area contributed by atoms with E-state index in [0.29, 0.717) is 12.8 Å². The van der Waals surface area contributed by atoms with E-state index in [1.807, 2.05) is 0 Å². The van der Waals surface area contributed by atoms with Crippen LogP contribution in [0.3, 0.4) is 0 Å². The first-order valence-electron chi connectivity index (χ1n) is 6.58. The second-order valence-electron chi connectivity index (χ2n) is 4.78. The van der Waals surface area contributed by atoms with E-state index in [1.54, 1.807) is 30.3 Å². The monoisotopic (exact) mass is 298 g/mol. The van der Waals surface area contributed by atoms with Gasteiger partial charge in [0.2, 0.25) is 9.84 Å². The fourth-order valence-electron chi connectivity index (χ4n) is 2.19. The molecule has 0 amide bonds. The molecule has 1 aliphatic rings. The summed E-state index contributed by atoms with van der Waals surface area (Å²) >= 11 is 0. The summed E-state index contributed by atoms with van der Waals surface area (Å²) in [4.78, 5) is 11.1. The molecule has 1 aromatic rings. The zero-order chi connectivity index (χ0) is 14.6. The van der Waals surface area contributed by atoms with Crippen molar-refractivity contribution < 1.29 is 22.7 Å². The normalized spacial score (nSPS) is 23.2. The molecule has 0 saturated carbocycles. The highest BCUT2D eigenvalue weighted by Gasteiger charge is 2.33. The Bertz CT molecular complexity index is 552. The van der Waals surface area contributed by atoms with E-state index in [0.717, 1.165) is 6.42 Å². The molecular weight excluding hydrogens is 280 g/mol. The lowest BCUT2D eigenvalue weighted by Crippen LogP contribution is -2.36. The van der Waals surface area contributed by atoms with Crippen LogP contribution >= 0.6 is 0 Å². The van der Waals surface area contributed by atoms with Crippen molar-refractivity contribution in [3.63, 3.8) is 0 Å². The van der Waals surface area contributed by atoms with Gasteiger partial charge in [-0.1, -0.05) is 18.2 Å². The van der Waals surface area contributed by atoms with Crippen LogP contribution in [0.2, 0.25) is 0 Å². The van der Waals surface area contributed by atoms with E-state index in [9.17, 15) is 13.2 Å². The summed E-state index contributed by atoms with van der Waals surface area (Å²) in [5.74, 6) is -0.387. The fourth-order valence-corrected chi connectivity index (χ4v) is 3.81. The molecule has 6 heteroatoms. The van der Waals surface area contributed by atoms with Crippen molar-refractivity contribution in [3.8, 4) is 0 Å². The summed E-state index contributed by atoms with van der Waals surface area (Å²) in [5, 5.41) is 0. The maximum Gasteiger partial charge on any atom is 0.302 e. The van der Waals surface area contributed by atoms with Gasteiger partial charge in [-0.05, 0) is 31.4 Å². The first-order valence-corrected chi connectivity index (χ1v) is 8.12. The summed E-state index contributed by atoms with van der Waals surface area (Å²) in [6.07, 6.45) is 1.56. The van der Waals surface area contributed by atoms with Crippen LogP contribution in [0, 0.1) is 0 Å². The van der Waals surface area contributed by atoms with E-state index < -0.39 is 15.3 Å². The number of sulfone groups is 1. The van der Waals surface area contributed by atoms with Gasteiger partial charge in [-0.2, -0.15) is 0 Å². The van der Waals surface area contributed by atoms with Crippen LogP contribution in [0.25, 0.3) is 0 Å². The molecule has 110 valence electrons. The number of hydrogen-bond acceptors (Lipinski definition) is 5. The van der Waals surface area contributed by atoms with Crippen molar-refractivity contribution in [1.82, 2.24) is 0 Å². The van der Waals surface area contributed by atoms with E-state index >= 15 is 0 Å². The van der Waals surface area contributed by atoms with Crippen LogP contribution in [0.1, 0.15) is 26.2 Å². The average molecular weight is 298 g/mol. The lowest BCUT2D eigenvalue weighted by Gasteiger charge is -2.29. The zero-order valence-electron chi connectivity index (χ0n) is 11.3. The average Bonchev–Trinajstić information content (AvgIpc) is 2.46. The standard InChI is InChI=1S/C14H18O5S/c1-11(15)18-10-12-6-5-9-14(19-12)20(16,17)13-7-3-2-4-8-13/h2-4,7-8,12,14H,5-6,9-10H2,1H3/t12-,14-/m1/s1. The summed E-state index contributed by atoms with van der Waals surface area (Å²) < 4.78 is 35.4. The number of rotatable bonds is 4. The number of carbonyl (C=O) groups excluding carboxylic acids is 1. The summed E-state index contributed by atoms with van der Waals surface area (Å²) in [6.45, 7) is 1.43. The quantitative estimate of drug-likeness (QED) is 0.794. The Kier molecular flexibility index (Phi) is 4.77. The van der Waals surface area contributed by atoms with E-state index in [4.69, 9.17) is 9.47 Å². The first kappa shape index (κ1) is 15.0. The largest absolute Gasteiger partial charge is 0.463 e. The number of hydrogen-bond donors (Lipinski definition) is 0. The van der Waals surface area contributed by atoms with Gasteiger partial charge in [-0.15, -0.1) is 0 Å². The van der Waals surface area contributed by atoms with Crippen LogP contribution in [-0.4, -0.2) is 32.5 Å². The highest BCUT2D eigenvalue weighted by Crippen LogP contribution is 2.27. The Hall–Kier alpha value is -1.40. The molecule has 20 heavy (non-hydrogen) atoms. The zero-order valence-corrected chi connectivity index (χ0v) is 12.1. The molecule has 1 fully saturated rings. The third-order valence-electron chi connectivity index (χ3n) is 3.20. The minimum Gasteiger partial charge on any atom is -0.463 e. The highest BCUT2D eigenvalue weighted by molar-refractivity contribution is 7.91. The Morgan fingerprint density at radius 2 is 2.00 bits per heavy atom. The molecular formula is C14H18O5S. The van der Waals surface area contributed by atoms with Crippen LogP contribution in [0.15, 0.2) is 35.2 Å². The van der Waals surface area contributed by atoms with Gasteiger partial charge in [0.25, 0.3) is 0 Å². The van der Waals surface area contributed by atoms with E-state index in [1.165, 1.54) is 6.92 Å². The second kappa shape index (κ2) is 6.37. The summed E-state index contributed by atoms with van der Waals surface area (Å²) in [5.41, 5.74) is -0.862.